The van der Waals surface area contributed by atoms with Crippen LogP contribution in [-0.4, -0.2) is 52.1 Å². The van der Waals surface area contributed by atoms with Crippen LogP contribution in [0.15, 0.2) is 48.9 Å². The second-order valence-electron chi connectivity index (χ2n) is 8.28. The van der Waals surface area contributed by atoms with Gasteiger partial charge in [0.05, 0.1) is 29.2 Å². The van der Waals surface area contributed by atoms with Gasteiger partial charge in [-0.05, 0) is 31.2 Å². The lowest BCUT2D eigenvalue weighted by Crippen LogP contribution is -2.50. The van der Waals surface area contributed by atoms with Crippen molar-refractivity contribution in [1.29, 1.82) is 5.26 Å². The summed E-state index contributed by atoms with van der Waals surface area (Å²) in [6, 6.07) is 9.09. The molecule has 2 amide bonds. The summed E-state index contributed by atoms with van der Waals surface area (Å²) < 4.78 is 33.3. The van der Waals surface area contributed by atoms with Crippen LogP contribution in [0, 0.1) is 29.9 Å². The first-order valence-corrected chi connectivity index (χ1v) is 11.2. The molecule has 1 fully saturated rings. The molecule has 0 spiro atoms. The first-order chi connectivity index (χ1) is 17.4. The second-order valence-corrected chi connectivity index (χ2v) is 8.28. The number of amides is 2. The number of hydrogen-bond donors (Lipinski definition) is 2. The van der Waals surface area contributed by atoms with E-state index in [2.05, 4.69) is 31.2 Å². The Labute approximate surface area is 204 Å². The van der Waals surface area contributed by atoms with E-state index in [1.54, 1.807) is 36.4 Å². The molecule has 0 saturated carbocycles. The standard InChI is InChI=1S/C25H21F2N7O2/c1-15-29-12-19(13-30-15)36-23-3-2-18(8-16(23)11-28)33-4-6-34(7-5-33)25(35)32-22-14-31-24-20(22)9-17(26)10-21(24)27/h2-3,8-10,12-14,31H,4-7H2,1H3,(H,32,35). The van der Waals surface area contributed by atoms with Crippen LogP contribution in [-0.2, 0) is 0 Å². The molecule has 0 atom stereocenters. The van der Waals surface area contributed by atoms with Gasteiger partial charge in [-0.1, -0.05) is 0 Å². The van der Waals surface area contributed by atoms with Crippen LogP contribution in [0.4, 0.5) is 25.0 Å². The van der Waals surface area contributed by atoms with Crippen LogP contribution in [0.1, 0.15) is 11.4 Å². The number of nitrogens with zero attached hydrogens (tertiary/aromatic N) is 5. The van der Waals surface area contributed by atoms with E-state index in [1.807, 2.05) is 6.07 Å². The smallest absolute Gasteiger partial charge is 0.322 e. The minimum absolute atomic E-state index is 0.132. The number of H-pyrrole nitrogens is 1. The van der Waals surface area contributed by atoms with Gasteiger partial charge in [0.2, 0.25) is 0 Å². The number of piperazine rings is 1. The number of rotatable bonds is 4. The number of ether oxygens (including phenoxy) is 1. The third kappa shape index (κ3) is 4.61. The van der Waals surface area contributed by atoms with Crippen LogP contribution in [0.3, 0.4) is 0 Å². The molecule has 0 unspecified atom stereocenters. The SMILES string of the molecule is Cc1ncc(Oc2ccc(N3CCN(C(=O)Nc4c[nH]c5c(F)cc(F)cc45)CC3)cc2C#N)cn1. The Morgan fingerprint density at radius 2 is 1.89 bits per heavy atom. The van der Waals surface area contributed by atoms with Gasteiger partial charge in [0.15, 0.2) is 5.75 Å². The fraction of sp³-hybridized carbons (Fsp3) is 0.200. The maximum absolute atomic E-state index is 13.9. The second kappa shape index (κ2) is 9.50. The minimum Gasteiger partial charge on any atom is -0.453 e. The zero-order valence-electron chi connectivity index (χ0n) is 19.3. The van der Waals surface area contributed by atoms with E-state index in [4.69, 9.17) is 4.74 Å². The predicted molar refractivity (Wildman–Crippen MR) is 129 cm³/mol. The molecule has 1 aliphatic heterocycles. The van der Waals surface area contributed by atoms with Crippen LogP contribution < -0.4 is 15.0 Å². The molecule has 11 heteroatoms. The van der Waals surface area contributed by atoms with Gasteiger partial charge in [-0.15, -0.1) is 0 Å². The zero-order chi connectivity index (χ0) is 25.2. The number of hydrogen-bond acceptors (Lipinski definition) is 6. The summed E-state index contributed by atoms with van der Waals surface area (Å²) in [4.78, 5) is 27.4. The van der Waals surface area contributed by atoms with Crippen molar-refractivity contribution < 1.29 is 18.3 Å². The molecule has 182 valence electrons. The quantitative estimate of drug-likeness (QED) is 0.435. The van der Waals surface area contributed by atoms with Gasteiger partial charge in [0.1, 0.15) is 29.3 Å². The minimum atomic E-state index is -0.723. The van der Waals surface area contributed by atoms with E-state index in [9.17, 15) is 18.8 Å². The summed E-state index contributed by atoms with van der Waals surface area (Å²) in [5.74, 6) is 0.0160. The van der Waals surface area contributed by atoms with Crippen LogP contribution in [0.5, 0.6) is 11.5 Å². The van der Waals surface area contributed by atoms with E-state index < -0.39 is 11.6 Å². The van der Waals surface area contributed by atoms with Gasteiger partial charge in [0.25, 0.3) is 0 Å². The van der Waals surface area contributed by atoms with Gasteiger partial charge in [0, 0.05) is 49.5 Å². The van der Waals surface area contributed by atoms with Crippen molar-refractivity contribution in [3.8, 4) is 17.6 Å². The molecule has 1 saturated heterocycles. The van der Waals surface area contributed by atoms with Crippen molar-refractivity contribution in [2.75, 3.05) is 36.4 Å². The molecule has 4 aromatic rings. The molecule has 9 nitrogen and oxygen atoms in total. The highest BCUT2D eigenvalue weighted by atomic mass is 19.1. The first kappa shape index (κ1) is 23.0. The number of nitriles is 1. The number of aromatic nitrogens is 3. The van der Waals surface area contributed by atoms with Crippen molar-refractivity contribution in [2.24, 2.45) is 0 Å². The Morgan fingerprint density at radius 1 is 1.14 bits per heavy atom. The molecular weight excluding hydrogens is 468 g/mol. The van der Waals surface area contributed by atoms with Crippen LogP contribution in [0.25, 0.3) is 10.9 Å². The van der Waals surface area contributed by atoms with E-state index in [-0.39, 0.29) is 16.9 Å². The molecule has 0 aliphatic carbocycles. The van der Waals surface area contributed by atoms with Gasteiger partial charge in [-0.25, -0.2) is 23.5 Å². The Bertz CT molecular complexity index is 1470. The number of fused-ring (bicyclic) bond motifs is 1. The normalized spacial score (nSPS) is 13.5. The molecule has 3 heterocycles. The lowest BCUT2D eigenvalue weighted by atomic mass is 10.1. The molecule has 2 aromatic carbocycles. The van der Waals surface area contributed by atoms with E-state index in [0.29, 0.717) is 54.8 Å². The fourth-order valence-electron chi connectivity index (χ4n) is 4.07. The molecule has 36 heavy (non-hydrogen) atoms. The number of halogens is 2. The Balaban J connectivity index is 1.23. The predicted octanol–water partition coefficient (Wildman–Crippen LogP) is 4.56. The van der Waals surface area contributed by atoms with E-state index >= 15 is 0 Å². The highest BCUT2D eigenvalue weighted by Crippen LogP contribution is 2.30. The number of carbonyl (C=O) groups excluding carboxylic acids is 1. The topological polar surface area (TPSA) is 110 Å². The van der Waals surface area contributed by atoms with E-state index in [0.717, 1.165) is 11.8 Å². The summed E-state index contributed by atoms with van der Waals surface area (Å²) in [5, 5.41) is 12.6. The van der Waals surface area contributed by atoms with Gasteiger partial charge in [-0.2, -0.15) is 5.26 Å². The van der Waals surface area contributed by atoms with Gasteiger partial charge >= 0.3 is 6.03 Å². The number of nitrogens with one attached hydrogen (secondary N) is 2. The number of aryl methyl sites for hydroxylation is 1. The molecule has 1 aliphatic rings. The van der Waals surface area contributed by atoms with Crippen LogP contribution >= 0.6 is 0 Å². The highest BCUT2D eigenvalue weighted by molar-refractivity contribution is 6.01. The molecule has 2 aromatic heterocycles. The zero-order valence-corrected chi connectivity index (χ0v) is 19.3. The van der Waals surface area contributed by atoms with Crippen LogP contribution in [0.2, 0.25) is 0 Å². The van der Waals surface area contributed by atoms with Gasteiger partial charge < -0.3 is 24.8 Å². The first-order valence-electron chi connectivity index (χ1n) is 11.2. The molecular formula is C25H21F2N7O2. The number of urea groups is 1. The van der Waals surface area contributed by atoms with Crippen molar-refractivity contribution in [2.45, 2.75) is 6.92 Å². The van der Waals surface area contributed by atoms with Crippen molar-refractivity contribution in [3.05, 3.63) is 71.9 Å². The largest absolute Gasteiger partial charge is 0.453 e. The van der Waals surface area contributed by atoms with Crippen molar-refractivity contribution in [3.63, 3.8) is 0 Å². The summed E-state index contributed by atoms with van der Waals surface area (Å²) in [7, 11) is 0. The molecule has 0 bridgehead atoms. The van der Waals surface area contributed by atoms with Crippen molar-refractivity contribution in [1.82, 2.24) is 19.9 Å². The monoisotopic (exact) mass is 489 g/mol. The maximum atomic E-state index is 13.9. The number of aromatic amines is 1. The molecule has 2 N–H and O–H groups in total. The Morgan fingerprint density at radius 3 is 2.61 bits per heavy atom. The number of benzene rings is 2. The van der Waals surface area contributed by atoms with Gasteiger partial charge in [-0.3, -0.25) is 0 Å². The number of carbonyl (C=O) groups is 1. The summed E-state index contributed by atoms with van der Waals surface area (Å²) in [5.41, 5.74) is 1.64. The van der Waals surface area contributed by atoms with E-state index in [1.165, 1.54) is 12.3 Å². The third-order valence-electron chi connectivity index (χ3n) is 5.95. The third-order valence-corrected chi connectivity index (χ3v) is 5.95. The Kier molecular flexibility index (Phi) is 6.08. The summed E-state index contributed by atoms with van der Waals surface area (Å²) >= 11 is 0. The average molecular weight is 489 g/mol. The Hall–Kier alpha value is -4.72. The lowest BCUT2D eigenvalue weighted by molar-refractivity contribution is 0.208. The fourth-order valence-corrected chi connectivity index (χ4v) is 4.07. The maximum Gasteiger partial charge on any atom is 0.322 e. The highest BCUT2D eigenvalue weighted by Gasteiger charge is 2.23. The molecule has 0 radical (unpaired) electrons. The average Bonchev–Trinajstić information content (AvgIpc) is 3.28. The molecule has 5 rings (SSSR count). The lowest BCUT2D eigenvalue weighted by Gasteiger charge is -2.36. The number of anilines is 2. The van der Waals surface area contributed by atoms with Crippen molar-refractivity contribution >= 4 is 28.3 Å². The summed E-state index contributed by atoms with van der Waals surface area (Å²) in [6.07, 6.45) is 4.53. The summed E-state index contributed by atoms with van der Waals surface area (Å²) in [6.45, 7) is 3.71.